The Balaban J connectivity index is 2.86. The number of allylic oxidation sites excluding steroid dienone is 1. The zero-order valence-electron chi connectivity index (χ0n) is 4.34. The lowest BCUT2D eigenvalue weighted by Crippen LogP contribution is -1.93. The summed E-state index contributed by atoms with van der Waals surface area (Å²) in [7, 11) is 0. The summed E-state index contributed by atoms with van der Waals surface area (Å²) in [5, 5.41) is 8.64. The molecule has 0 spiro atoms. The van der Waals surface area contributed by atoms with Gasteiger partial charge in [-0.25, -0.2) is 0 Å². The third-order valence-electron chi connectivity index (χ3n) is 0.910. The predicted octanol–water partition coefficient (Wildman–Crippen LogP) is 0.537. The van der Waals surface area contributed by atoms with E-state index < -0.39 is 5.78 Å². The number of carbonyl (C=O) groups is 1. The molecular formula is C5H5O3. The SMILES string of the molecule is CC1=C(O)C(=O)[CH]O1. The monoisotopic (exact) mass is 113 g/mol. The molecule has 0 aromatic heterocycles. The van der Waals surface area contributed by atoms with Crippen molar-refractivity contribution in [1.29, 1.82) is 0 Å². The number of carbonyl (C=O) groups excluding carboxylic acids is 1. The second-order valence-corrected chi connectivity index (χ2v) is 1.50. The smallest absolute Gasteiger partial charge is 0.245 e. The fraction of sp³-hybridized carbons (Fsp3) is 0.200. The Labute approximate surface area is 46.6 Å². The molecule has 0 amide bonds. The van der Waals surface area contributed by atoms with Gasteiger partial charge in [-0.2, -0.15) is 0 Å². The molecule has 1 N–H and O–H groups in total. The van der Waals surface area contributed by atoms with Gasteiger partial charge < -0.3 is 9.84 Å². The lowest BCUT2D eigenvalue weighted by molar-refractivity contribution is -0.115. The summed E-state index contributed by atoms with van der Waals surface area (Å²) >= 11 is 0. The number of aliphatic hydroxyl groups is 1. The number of hydrogen-bond donors (Lipinski definition) is 1. The van der Waals surface area contributed by atoms with E-state index in [2.05, 4.69) is 4.74 Å². The van der Waals surface area contributed by atoms with Gasteiger partial charge in [0.1, 0.15) is 5.76 Å². The molecule has 0 saturated heterocycles. The van der Waals surface area contributed by atoms with E-state index in [1.165, 1.54) is 6.92 Å². The number of Topliss-reactive ketones (excluding diaryl/α,β-unsaturated/α-hetero) is 1. The van der Waals surface area contributed by atoms with Crippen LogP contribution in [0.2, 0.25) is 0 Å². The Morgan fingerprint density at radius 3 is 2.50 bits per heavy atom. The molecule has 0 aromatic rings. The van der Waals surface area contributed by atoms with E-state index in [1.54, 1.807) is 0 Å². The molecule has 3 heteroatoms. The standard InChI is InChI=1S/C5H5O3/c1-3-5(7)4(6)2-8-3/h2,7H,1H3. The van der Waals surface area contributed by atoms with Gasteiger partial charge in [0.05, 0.1) is 0 Å². The van der Waals surface area contributed by atoms with Crippen molar-refractivity contribution in [2.24, 2.45) is 0 Å². The molecule has 1 aliphatic rings. The average Bonchev–Trinajstić information content (AvgIpc) is 1.98. The molecule has 1 radical (unpaired) electrons. The van der Waals surface area contributed by atoms with Gasteiger partial charge in [-0.05, 0) is 6.92 Å². The Hall–Kier alpha value is -0.990. The van der Waals surface area contributed by atoms with Crippen molar-refractivity contribution < 1.29 is 14.6 Å². The first kappa shape index (κ1) is 5.15. The van der Waals surface area contributed by atoms with Crippen LogP contribution in [0.5, 0.6) is 0 Å². The van der Waals surface area contributed by atoms with Crippen molar-refractivity contribution in [1.82, 2.24) is 0 Å². The van der Waals surface area contributed by atoms with Crippen molar-refractivity contribution in [3.63, 3.8) is 0 Å². The Bertz CT molecular complexity index is 157. The first-order valence-electron chi connectivity index (χ1n) is 2.16. The molecule has 0 aliphatic carbocycles. The van der Waals surface area contributed by atoms with Gasteiger partial charge in [0, 0.05) is 0 Å². The molecule has 1 heterocycles. The Morgan fingerprint density at radius 1 is 1.75 bits per heavy atom. The molecule has 0 fully saturated rings. The van der Waals surface area contributed by atoms with Gasteiger partial charge in [-0.3, -0.25) is 4.79 Å². The van der Waals surface area contributed by atoms with Crippen molar-refractivity contribution >= 4 is 5.78 Å². The number of aliphatic hydroxyl groups excluding tert-OH is 1. The zero-order valence-corrected chi connectivity index (χ0v) is 4.34. The minimum atomic E-state index is -0.456. The van der Waals surface area contributed by atoms with Crippen LogP contribution < -0.4 is 0 Å². The molecule has 0 aromatic carbocycles. The van der Waals surface area contributed by atoms with E-state index in [0.29, 0.717) is 0 Å². The molecule has 43 valence electrons. The van der Waals surface area contributed by atoms with Crippen LogP contribution in [0.3, 0.4) is 0 Å². The van der Waals surface area contributed by atoms with Gasteiger partial charge in [0.15, 0.2) is 0 Å². The highest BCUT2D eigenvalue weighted by molar-refractivity contribution is 6.00. The van der Waals surface area contributed by atoms with Crippen molar-refractivity contribution in [3.05, 3.63) is 18.1 Å². The predicted molar refractivity (Wildman–Crippen MR) is 25.7 cm³/mol. The third kappa shape index (κ3) is 0.559. The second kappa shape index (κ2) is 1.51. The molecule has 0 saturated carbocycles. The fourth-order valence-corrected chi connectivity index (χ4v) is 0.427. The average molecular weight is 113 g/mol. The van der Waals surface area contributed by atoms with Crippen LogP contribution in [-0.2, 0) is 9.53 Å². The quantitative estimate of drug-likeness (QED) is 0.498. The second-order valence-electron chi connectivity index (χ2n) is 1.50. The third-order valence-corrected chi connectivity index (χ3v) is 0.910. The molecule has 3 nitrogen and oxygen atoms in total. The molecule has 0 bridgehead atoms. The highest BCUT2D eigenvalue weighted by Crippen LogP contribution is 2.14. The Kier molecular flexibility index (Phi) is 0.970. The number of ether oxygens (including phenoxy) is 1. The van der Waals surface area contributed by atoms with Crippen LogP contribution in [0.15, 0.2) is 11.5 Å². The summed E-state index contributed by atoms with van der Waals surface area (Å²) in [5.74, 6) is -0.470. The van der Waals surface area contributed by atoms with Crippen LogP contribution in [0, 0.1) is 6.61 Å². The van der Waals surface area contributed by atoms with Crippen molar-refractivity contribution in [2.45, 2.75) is 6.92 Å². The molecule has 8 heavy (non-hydrogen) atoms. The van der Waals surface area contributed by atoms with E-state index in [0.717, 1.165) is 6.61 Å². The minimum absolute atomic E-state index is 0.273. The van der Waals surface area contributed by atoms with Crippen LogP contribution in [0.1, 0.15) is 6.92 Å². The van der Waals surface area contributed by atoms with E-state index in [4.69, 9.17) is 5.11 Å². The largest absolute Gasteiger partial charge is 0.502 e. The maximum atomic E-state index is 10.3. The van der Waals surface area contributed by atoms with Crippen molar-refractivity contribution in [2.75, 3.05) is 0 Å². The summed E-state index contributed by atoms with van der Waals surface area (Å²) in [5.41, 5.74) is 0. The topological polar surface area (TPSA) is 46.5 Å². The highest BCUT2D eigenvalue weighted by atomic mass is 16.5. The maximum absolute atomic E-state index is 10.3. The minimum Gasteiger partial charge on any atom is -0.502 e. The molecule has 1 rings (SSSR count). The fourth-order valence-electron chi connectivity index (χ4n) is 0.427. The van der Waals surface area contributed by atoms with Crippen LogP contribution in [0.25, 0.3) is 0 Å². The van der Waals surface area contributed by atoms with Crippen LogP contribution in [-0.4, -0.2) is 10.9 Å². The lowest BCUT2D eigenvalue weighted by Gasteiger charge is -1.87. The summed E-state index contributed by atoms with van der Waals surface area (Å²) in [6, 6.07) is 0. The molecule has 1 aliphatic heterocycles. The van der Waals surface area contributed by atoms with Gasteiger partial charge in [-0.15, -0.1) is 0 Å². The van der Waals surface area contributed by atoms with E-state index in [-0.39, 0.29) is 11.5 Å². The van der Waals surface area contributed by atoms with Gasteiger partial charge >= 0.3 is 0 Å². The first-order chi connectivity index (χ1) is 3.72. The van der Waals surface area contributed by atoms with E-state index in [1.807, 2.05) is 0 Å². The summed E-state index contributed by atoms with van der Waals surface area (Å²) < 4.78 is 4.53. The van der Waals surface area contributed by atoms with Gasteiger partial charge in [0.2, 0.25) is 18.1 Å². The molecule has 0 atom stereocenters. The van der Waals surface area contributed by atoms with Gasteiger partial charge in [-0.1, -0.05) is 0 Å². The van der Waals surface area contributed by atoms with E-state index >= 15 is 0 Å². The normalized spacial score (nSPS) is 19.4. The van der Waals surface area contributed by atoms with E-state index in [9.17, 15) is 4.79 Å². The number of ketones is 1. The molecular weight excluding hydrogens is 108 g/mol. The molecule has 0 unspecified atom stereocenters. The Morgan fingerprint density at radius 2 is 2.38 bits per heavy atom. The number of rotatable bonds is 0. The first-order valence-corrected chi connectivity index (χ1v) is 2.16. The summed E-state index contributed by atoms with van der Waals surface area (Å²) in [6.45, 7) is 2.50. The maximum Gasteiger partial charge on any atom is 0.245 e. The zero-order chi connectivity index (χ0) is 6.15. The lowest BCUT2D eigenvalue weighted by atomic mass is 10.3. The summed E-state index contributed by atoms with van der Waals surface area (Å²) in [4.78, 5) is 10.3. The van der Waals surface area contributed by atoms with Gasteiger partial charge in [0.25, 0.3) is 0 Å². The van der Waals surface area contributed by atoms with Crippen LogP contribution in [0.4, 0.5) is 0 Å². The van der Waals surface area contributed by atoms with Crippen LogP contribution >= 0.6 is 0 Å². The highest BCUT2D eigenvalue weighted by Gasteiger charge is 2.20. The van der Waals surface area contributed by atoms with Crippen molar-refractivity contribution in [3.8, 4) is 0 Å². The summed E-state index contributed by atoms with van der Waals surface area (Å²) in [6.07, 6.45) is 0. The number of hydrogen-bond acceptors (Lipinski definition) is 3.